The number of rotatable bonds is 3. The normalized spacial score (nSPS) is 10.4. The largest absolute Gasteiger partial charge is 0.334 e. The Morgan fingerprint density at radius 1 is 1.53 bits per heavy atom. The number of nitrogens with zero attached hydrogens (tertiary/aromatic N) is 1. The molecule has 0 spiro atoms. The van der Waals surface area contributed by atoms with Crippen molar-refractivity contribution in [1.82, 2.24) is 9.88 Å². The van der Waals surface area contributed by atoms with Gasteiger partial charge in [-0.2, -0.15) is 0 Å². The van der Waals surface area contributed by atoms with Crippen LogP contribution >= 0.6 is 23.6 Å². The number of benzene rings is 1. The van der Waals surface area contributed by atoms with Crippen LogP contribution in [0.1, 0.15) is 6.92 Å². The van der Waals surface area contributed by atoms with Crippen molar-refractivity contribution in [1.29, 1.82) is 0 Å². The summed E-state index contributed by atoms with van der Waals surface area (Å²) in [6.07, 6.45) is 0. The molecule has 2 aromatic rings. The molecule has 17 heavy (non-hydrogen) atoms. The highest BCUT2D eigenvalue weighted by Gasteiger charge is 2.06. The minimum Gasteiger partial charge on any atom is -0.334 e. The van der Waals surface area contributed by atoms with Crippen LogP contribution in [-0.2, 0) is 11.5 Å². The zero-order chi connectivity index (χ0) is 12.4. The first-order valence-corrected chi connectivity index (χ1v) is 6.34. The molecule has 1 amide bonds. The van der Waals surface area contributed by atoms with Crippen LogP contribution in [-0.4, -0.2) is 10.5 Å². The summed E-state index contributed by atoms with van der Waals surface area (Å²) in [5, 5.41) is 2.78. The number of aromatic nitrogens is 1. The molecule has 0 radical (unpaired) electrons. The molecule has 1 N–H and O–H groups in total. The second-order valence-electron chi connectivity index (χ2n) is 3.71. The average molecular weight is 264 g/mol. The van der Waals surface area contributed by atoms with Gasteiger partial charge in [-0.25, -0.2) is 0 Å². The maximum Gasteiger partial charge on any atom is 0.247 e. The van der Waals surface area contributed by atoms with Gasteiger partial charge in [0.1, 0.15) is 0 Å². The number of para-hydroxylation sites is 1. The minimum atomic E-state index is -0.151. The molecule has 1 aromatic heterocycles. The Morgan fingerprint density at radius 2 is 2.24 bits per heavy atom. The molecule has 1 heterocycles. The standard InChI is InChI=1S/C12H12N2OS2/c1-8(2)11(15)13-7-14-9-5-3-4-6-10(9)17-12(14)16/h3-6H,1,7H2,2H3,(H,13,15). The van der Waals surface area contributed by atoms with Crippen LogP contribution in [0.4, 0.5) is 0 Å². The third kappa shape index (κ3) is 2.45. The lowest BCUT2D eigenvalue weighted by Crippen LogP contribution is -2.26. The van der Waals surface area contributed by atoms with E-state index >= 15 is 0 Å². The van der Waals surface area contributed by atoms with Crippen LogP contribution in [0, 0.1) is 3.95 Å². The number of hydrogen-bond donors (Lipinski definition) is 1. The van der Waals surface area contributed by atoms with Crippen LogP contribution in [0.2, 0.25) is 0 Å². The molecule has 3 nitrogen and oxygen atoms in total. The smallest absolute Gasteiger partial charge is 0.247 e. The van der Waals surface area contributed by atoms with E-state index in [9.17, 15) is 4.79 Å². The Morgan fingerprint density at radius 3 is 2.94 bits per heavy atom. The molecular formula is C12H12N2OS2. The Bertz CT molecular complexity index is 639. The summed E-state index contributed by atoms with van der Waals surface area (Å²) >= 11 is 6.82. The second kappa shape index (κ2) is 4.81. The predicted molar refractivity (Wildman–Crippen MR) is 73.6 cm³/mol. The maximum atomic E-state index is 11.4. The van der Waals surface area contributed by atoms with Gasteiger partial charge in [0.15, 0.2) is 3.95 Å². The highest BCUT2D eigenvalue weighted by molar-refractivity contribution is 7.73. The van der Waals surface area contributed by atoms with Gasteiger partial charge in [0.2, 0.25) is 5.91 Å². The molecular weight excluding hydrogens is 252 g/mol. The highest BCUT2D eigenvalue weighted by atomic mass is 32.1. The molecule has 0 saturated heterocycles. The summed E-state index contributed by atoms with van der Waals surface area (Å²) in [7, 11) is 0. The SMILES string of the molecule is C=C(C)C(=O)NCn1c(=S)sc2ccccc21. The summed E-state index contributed by atoms with van der Waals surface area (Å²) in [4.78, 5) is 11.4. The van der Waals surface area contributed by atoms with Crippen LogP contribution < -0.4 is 5.32 Å². The van der Waals surface area contributed by atoms with E-state index in [1.165, 1.54) is 0 Å². The Hall–Kier alpha value is -1.46. The van der Waals surface area contributed by atoms with Crippen LogP contribution in [0.5, 0.6) is 0 Å². The number of nitrogens with one attached hydrogen (secondary N) is 1. The first-order chi connectivity index (χ1) is 8.09. The Labute approximate surface area is 108 Å². The second-order valence-corrected chi connectivity index (χ2v) is 5.38. The van der Waals surface area contributed by atoms with Crippen molar-refractivity contribution in [2.75, 3.05) is 0 Å². The van der Waals surface area contributed by atoms with Crippen LogP contribution in [0.3, 0.4) is 0 Å². The molecule has 0 unspecified atom stereocenters. The molecule has 0 fully saturated rings. The molecule has 88 valence electrons. The van der Waals surface area contributed by atoms with E-state index in [0.717, 1.165) is 14.2 Å². The molecule has 0 aliphatic carbocycles. The first kappa shape index (κ1) is 12.0. The first-order valence-electron chi connectivity index (χ1n) is 5.11. The minimum absolute atomic E-state index is 0.151. The Kier molecular flexibility index (Phi) is 3.40. The van der Waals surface area contributed by atoms with E-state index in [0.29, 0.717) is 12.2 Å². The maximum absolute atomic E-state index is 11.4. The number of carbonyl (C=O) groups excluding carboxylic acids is 1. The van der Waals surface area contributed by atoms with Crippen molar-refractivity contribution < 1.29 is 4.79 Å². The quantitative estimate of drug-likeness (QED) is 0.683. The topological polar surface area (TPSA) is 34.0 Å². The average Bonchev–Trinajstić information content (AvgIpc) is 2.61. The fourth-order valence-corrected chi connectivity index (χ4v) is 2.79. The van der Waals surface area contributed by atoms with Gasteiger partial charge < -0.3 is 9.88 Å². The number of hydrogen-bond acceptors (Lipinski definition) is 3. The van der Waals surface area contributed by atoms with Gasteiger partial charge in [0, 0.05) is 5.57 Å². The van der Waals surface area contributed by atoms with Gasteiger partial charge >= 0.3 is 0 Å². The monoisotopic (exact) mass is 264 g/mol. The Balaban J connectivity index is 2.30. The zero-order valence-corrected chi connectivity index (χ0v) is 11.0. The summed E-state index contributed by atoms with van der Waals surface area (Å²) in [6.45, 7) is 5.66. The third-order valence-electron chi connectivity index (χ3n) is 2.36. The van der Waals surface area contributed by atoms with E-state index in [1.807, 2.05) is 28.8 Å². The number of amides is 1. The van der Waals surface area contributed by atoms with Crippen molar-refractivity contribution in [3.8, 4) is 0 Å². The van der Waals surface area contributed by atoms with Gasteiger partial charge in [-0.15, -0.1) is 11.3 Å². The van der Waals surface area contributed by atoms with Gasteiger partial charge in [0.05, 0.1) is 16.9 Å². The summed E-state index contributed by atoms with van der Waals surface area (Å²) in [5.41, 5.74) is 1.54. The van der Waals surface area contributed by atoms with E-state index in [2.05, 4.69) is 11.9 Å². The van der Waals surface area contributed by atoms with Gasteiger partial charge in [-0.1, -0.05) is 18.7 Å². The van der Waals surface area contributed by atoms with E-state index < -0.39 is 0 Å². The fraction of sp³-hybridized carbons (Fsp3) is 0.167. The predicted octanol–water partition coefficient (Wildman–Crippen LogP) is 3.08. The van der Waals surface area contributed by atoms with Gasteiger partial charge in [-0.3, -0.25) is 4.79 Å². The molecule has 5 heteroatoms. The van der Waals surface area contributed by atoms with Crippen molar-refractivity contribution in [3.63, 3.8) is 0 Å². The lowest BCUT2D eigenvalue weighted by Gasteiger charge is -2.06. The van der Waals surface area contributed by atoms with Crippen molar-refractivity contribution in [2.45, 2.75) is 13.6 Å². The number of carbonyl (C=O) groups is 1. The highest BCUT2D eigenvalue weighted by Crippen LogP contribution is 2.22. The van der Waals surface area contributed by atoms with Crippen molar-refractivity contribution in [2.24, 2.45) is 0 Å². The third-order valence-corrected chi connectivity index (χ3v) is 3.79. The van der Waals surface area contributed by atoms with E-state index in [1.54, 1.807) is 18.3 Å². The van der Waals surface area contributed by atoms with E-state index in [4.69, 9.17) is 12.2 Å². The van der Waals surface area contributed by atoms with Crippen molar-refractivity contribution in [3.05, 3.63) is 40.4 Å². The van der Waals surface area contributed by atoms with Gasteiger partial charge in [-0.05, 0) is 31.3 Å². The summed E-state index contributed by atoms with van der Waals surface area (Å²) in [6, 6.07) is 7.95. The lowest BCUT2D eigenvalue weighted by atomic mass is 10.3. The molecule has 1 aromatic carbocycles. The number of thiazole rings is 1. The molecule has 0 aliphatic rings. The molecule has 2 rings (SSSR count). The van der Waals surface area contributed by atoms with Gasteiger partial charge in [0.25, 0.3) is 0 Å². The molecule has 0 aliphatic heterocycles. The lowest BCUT2D eigenvalue weighted by molar-refractivity contribution is -0.117. The molecule has 0 saturated carbocycles. The summed E-state index contributed by atoms with van der Waals surface area (Å²) in [5.74, 6) is -0.151. The zero-order valence-electron chi connectivity index (χ0n) is 9.40. The van der Waals surface area contributed by atoms with Crippen LogP contribution in [0.25, 0.3) is 10.2 Å². The molecule has 0 atom stereocenters. The molecule has 0 bridgehead atoms. The van der Waals surface area contributed by atoms with Crippen molar-refractivity contribution >= 4 is 39.7 Å². The van der Waals surface area contributed by atoms with E-state index in [-0.39, 0.29) is 5.91 Å². The van der Waals surface area contributed by atoms with Crippen LogP contribution in [0.15, 0.2) is 36.4 Å². The summed E-state index contributed by atoms with van der Waals surface area (Å²) < 4.78 is 3.80. The number of fused-ring (bicyclic) bond motifs is 1. The fourth-order valence-electron chi connectivity index (χ4n) is 1.47.